The molecule has 0 radical (unpaired) electrons. The molecule has 1 atom stereocenters. The summed E-state index contributed by atoms with van der Waals surface area (Å²) in [4.78, 5) is 29.2. The van der Waals surface area contributed by atoms with Gasteiger partial charge in [0.2, 0.25) is 5.91 Å². The van der Waals surface area contributed by atoms with Crippen molar-refractivity contribution in [2.45, 2.75) is 45.1 Å². The van der Waals surface area contributed by atoms with E-state index < -0.39 is 5.97 Å². The molecule has 0 aliphatic rings. The number of unbranched alkanes of at least 4 members (excludes halogenated alkanes) is 1. The van der Waals surface area contributed by atoms with Crippen LogP contribution in [0.15, 0.2) is 97.2 Å². The zero-order valence-corrected chi connectivity index (χ0v) is 27.3. The van der Waals surface area contributed by atoms with Crippen LogP contribution in [0.5, 0.6) is 11.5 Å². The minimum Gasteiger partial charge on any atom is -0.478 e. The summed E-state index contributed by atoms with van der Waals surface area (Å²) in [5.74, 6) is 0.117. The third-order valence-corrected chi connectivity index (χ3v) is 8.22. The topological polar surface area (TPSA) is 93.5 Å². The van der Waals surface area contributed by atoms with Gasteiger partial charge in [-0.25, -0.2) is 14.2 Å². The van der Waals surface area contributed by atoms with Gasteiger partial charge in [0.25, 0.3) is 0 Å². The van der Waals surface area contributed by atoms with Crippen LogP contribution in [0.25, 0.3) is 11.3 Å². The van der Waals surface area contributed by atoms with Crippen LogP contribution in [0.2, 0.25) is 10.0 Å². The number of imidazole rings is 1. The highest BCUT2D eigenvalue weighted by atomic mass is 35.5. The second kappa shape index (κ2) is 15.8. The van der Waals surface area contributed by atoms with Gasteiger partial charge in [-0.05, 0) is 90.7 Å². The van der Waals surface area contributed by atoms with Crippen molar-refractivity contribution in [3.8, 4) is 22.8 Å². The van der Waals surface area contributed by atoms with E-state index in [9.17, 15) is 14.0 Å². The average molecular weight is 675 g/mol. The molecule has 1 amide bonds. The van der Waals surface area contributed by atoms with E-state index >= 15 is 0 Å². The lowest BCUT2D eigenvalue weighted by atomic mass is 9.97. The molecule has 0 bridgehead atoms. The number of carbonyl (C=O) groups is 2. The monoisotopic (exact) mass is 673 g/mol. The number of amides is 1. The number of carboxylic acid groups (broad SMARTS) is 1. The molecule has 5 rings (SSSR count). The number of aromatic nitrogens is 2. The van der Waals surface area contributed by atoms with Crippen molar-refractivity contribution in [1.82, 2.24) is 14.9 Å². The predicted octanol–water partition coefficient (Wildman–Crippen LogP) is 8.97. The number of aromatic carboxylic acids is 1. The molecular formula is C37H34Cl2FN3O4. The Morgan fingerprint density at radius 2 is 1.68 bits per heavy atom. The molecule has 242 valence electrons. The molecule has 47 heavy (non-hydrogen) atoms. The number of halogens is 3. The number of hydrogen-bond acceptors (Lipinski definition) is 4. The molecule has 1 heterocycles. The minimum atomic E-state index is -1.00. The molecule has 5 aromatic rings. The van der Waals surface area contributed by atoms with E-state index in [1.165, 1.54) is 24.3 Å². The van der Waals surface area contributed by atoms with Gasteiger partial charge in [-0.3, -0.25) is 4.79 Å². The Morgan fingerprint density at radius 1 is 0.957 bits per heavy atom. The molecule has 0 spiro atoms. The smallest absolute Gasteiger partial charge is 0.335 e. The first-order valence-corrected chi connectivity index (χ1v) is 16.1. The maximum atomic E-state index is 13.7. The molecule has 4 aromatic carbocycles. The SMILES string of the molecule is CCCCn1cc(-c2ccc(Cl)cc2Cl)nc1[C@@H](CNC(=O)Cc1cccc(F)c1)Cc1ccc(Oc2ccc(C(=O)O)cc2)cc1. The van der Waals surface area contributed by atoms with Crippen molar-refractivity contribution >= 4 is 35.1 Å². The highest BCUT2D eigenvalue weighted by Gasteiger charge is 2.22. The number of ether oxygens (including phenoxy) is 1. The Hall–Kier alpha value is -4.66. The quantitative estimate of drug-likeness (QED) is 0.123. The third-order valence-electron chi connectivity index (χ3n) is 7.67. The van der Waals surface area contributed by atoms with E-state index in [0.717, 1.165) is 36.3 Å². The summed E-state index contributed by atoms with van der Waals surface area (Å²) >= 11 is 12.7. The van der Waals surface area contributed by atoms with E-state index in [0.29, 0.717) is 45.8 Å². The first-order valence-electron chi connectivity index (χ1n) is 15.3. The summed E-state index contributed by atoms with van der Waals surface area (Å²) in [6.07, 6.45) is 4.54. The lowest BCUT2D eigenvalue weighted by molar-refractivity contribution is -0.120. The first kappa shape index (κ1) is 33.7. The van der Waals surface area contributed by atoms with E-state index in [-0.39, 0.29) is 29.6 Å². The van der Waals surface area contributed by atoms with Crippen molar-refractivity contribution in [1.29, 1.82) is 0 Å². The zero-order chi connectivity index (χ0) is 33.3. The second-order valence-electron chi connectivity index (χ2n) is 11.2. The fraction of sp³-hybridized carbons (Fsp3) is 0.216. The Kier molecular flexibility index (Phi) is 11.3. The van der Waals surface area contributed by atoms with Gasteiger partial charge in [0.1, 0.15) is 23.1 Å². The maximum absolute atomic E-state index is 13.7. The largest absolute Gasteiger partial charge is 0.478 e. The number of hydrogen-bond donors (Lipinski definition) is 2. The number of aryl methyl sites for hydroxylation is 1. The van der Waals surface area contributed by atoms with Crippen LogP contribution in [-0.2, 0) is 24.2 Å². The third kappa shape index (κ3) is 9.21. The standard InChI is InChI=1S/C37H34Cl2FN3O4/c1-2-3-17-43-23-34(32-16-11-28(38)21-33(32)39)42-36(43)27(22-41-35(44)20-25-5-4-6-29(40)19-25)18-24-7-12-30(13-8-24)47-31-14-9-26(10-15-31)37(45)46/h4-16,19,21,23,27H,2-3,17-18,20,22H2,1H3,(H,41,44)(H,45,46)/t27-/m1/s1. The lowest BCUT2D eigenvalue weighted by Gasteiger charge is -2.20. The summed E-state index contributed by atoms with van der Waals surface area (Å²) in [7, 11) is 0. The van der Waals surface area contributed by atoms with Gasteiger partial charge in [-0.15, -0.1) is 0 Å². The fourth-order valence-corrected chi connectivity index (χ4v) is 5.76. The molecular weight excluding hydrogens is 640 g/mol. The van der Waals surface area contributed by atoms with Gasteiger partial charge in [-0.2, -0.15) is 0 Å². The highest BCUT2D eigenvalue weighted by Crippen LogP contribution is 2.32. The molecule has 10 heteroatoms. The van der Waals surface area contributed by atoms with Crippen molar-refractivity contribution in [2.75, 3.05) is 6.54 Å². The molecule has 0 aliphatic heterocycles. The molecule has 0 fully saturated rings. The molecule has 0 aliphatic carbocycles. The second-order valence-corrected chi connectivity index (χ2v) is 12.1. The van der Waals surface area contributed by atoms with Gasteiger partial charge < -0.3 is 19.7 Å². The molecule has 0 unspecified atom stereocenters. The van der Waals surface area contributed by atoms with Gasteiger partial charge in [0.15, 0.2) is 0 Å². The van der Waals surface area contributed by atoms with Crippen LogP contribution < -0.4 is 10.1 Å². The van der Waals surface area contributed by atoms with Gasteiger partial charge in [0, 0.05) is 35.8 Å². The predicted molar refractivity (Wildman–Crippen MR) is 182 cm³/mol. The van der Waals surface area contributed by atoms with Gasteiger partial charge in [0.05, 0.1) is 22.7 Å². The van der Waals surface area contributed by atoms with E-state index in [2.05, 4.69) is 16.8 Å². The molecule has 2 N–H and O–H groups in total. The molecule has 1 aromatic heterocycles. The molecule has 0 saturated carbocycles. The normalized spacial score (nSPS) is 11.7. The molecule has 0 saturated heterocycles. The molecule has 7 nitrogen and oxygen atoms in total. The summed E-state index contributed by atoms with van der Waals surface area (Å²) in [6, 6.07) is 25.2. The Morgan fingerprint density at radius 3 is 2.34 bits per heavy atom. The summed E-state index contributed by atoms with van der Waals surface area (Å²) in [5, 5.41) is 13.2. The zero-order valence-electron chi connectivity index (χ0n) is 25.8. The Balaban J connectivity index is 1.40. The number of carbonyl (C=O) groups excluding carboxylic acids is 1. The van der Waals surface area contributed by atoms with Crippen LogP contribution in [0.4, 0.5) is 4.39 Å². The summed E-state index contributed by atoms with van der Waals surface area (Å²) in [6.45, 7) is 3.17. The maximum Gasteiger partial charge on any atom is 0.335 e. The average Bonchev–Trinajstić information content (AvgIpc) is 3.46. The van der Waals surface area contributed by atoms with Crippen LogP contribution in [0, 0.1) is 5.82 Å². The Bertz CT molecular complexity index is 1840. The number of benzene rings is 4. The van der Waals surface area contributed by atoms with Crippen molar-refractivity contribution in [3.63, 3.8) is 0 Å². The Labute approximate surface area is 283 Å². The number of carboxylic acids is 1. The number of rotatable bonds is 14. The van der Waals surface area contributed by atoms with Crippen molar-refractivity contribution < 1.29 is 23.8 Å². The van der Waals surface area contributed by atoms with E-state index in [4.69, 9.17) is 38.0 Å². The van der Waals surface area contributed by atoms with E-state index in [1.807, 2.05) is 36.5 Å². The number of nitrogens with zero attached hydrogens (tertiary/aromatic N) is 2. The summed E-state index contributed by atoms with van der Waals surface area (Å²) in [5.41, 5.74) is 3.25. The first-order chi connectivity index (χ1) is 22.7. The fourth-order valence-electron chi connectivity index (χ4n) is 5.26. The van der Waals surface area contributed by atoms with Crippen LogP contribution in [0.3, 0.4) is 0 Å². The van der Waals surface area contributed by atoms with E-state index in [1.54, 1.807) is 36.4 Å². The summed E-state index contributed by atoms with van der Waals surface area (Å²) < 4.78 is 21.8. The van der Waals surface area contributed by atoms with Gasteiger partial charge in [-0.1, -0.05) is 60.8 Å². The van der Waals surface area contributed by atoms with Crippen LogP contribution >= 0.6 is 23.2 Å². The van der Waals surface area contributed by atoms with Crippen LogP contribution in [-0.4, -0.2) is 33.1 Å². The lowest BCUT2D eigenvalue weighted by Crippen LogP contribution is -2.31. The van der Waals surface area contributed by atoms with Crippen molar-refractivity contribution in [3.05, 3.63) is 136 Å². The number of nitrogens with one attached hydrogen (secondary N) is 1. The minimum absolute atomic E-state index is 0.0554. The van der Waals surface area contributed by atoms with Crippen molar-refractivity contribution in [2.24, 2.45) is 0 Å². The highest BCUT2D eigenvalue weighted by molar-refractivity contribution is 6.36. The van der Waals surface area contributed by atoms with Gasteiger partial charge >= 0.3 is 5.97 Å². The van der Waals surface area contributed by atoms with Crippen LogP contribution in [0.1, 0.15) is 53.0 Å².